The topological polar surface area (TPSA) is 198 Å². The molecule has 0 N–H and O–H groups in total. The van der Waals surface area contributed by atoms with E-state index in [4.69, 9.17) is 31.6 Å². The molecule has 494 valence electrons. The SMILES string of the molecule is CC(c1ccccc1)C(SCP)C(C#N)C(=O)N1CCC(Oc2cccc(C#N)c2)CC1.Cc1cc(C(C)C(SCP)C(C#N)C(=O)N2CCC(c3ccccc3)C2)ccc1Cl.N#Cc1cccc(OC2CCN(C(=O)C(C#N)C(SCP)C3(c4ccccc4)CC3)CC2)c1. The van der Waals surface area contributed by atoms with E-state index < -0.39 is 17.8 Å². The van der Waals surface area contributed by atoms with Crippen molar-refractivity contribution in [3.8, 4) is 41.8 Å². The van der Waals surface area contributed by atoms with Crippen LogP contribution in [0.25, 0.3) is 0 Å². The number of halogens is 1. The molecule has 4 fully saturated rings. The van der Waals surface area contributed by atoms with Gasteiger partial charge in [-0.3, -0.25) is 14.4 Å². The molecule has 1 aliphatic carbocycles. The van der Waals surface area contributed by atoms with Crippen molar-refractivity contribution in [1.82, 2.24) is 14.7 Å². The Labute approximate surface area is 587 Å². The first-order valence-electron chi connectivity index (χ1n) is 32.4. The third-order valence-electron chi connectivity index (χ3n) is 18.5. The summed E-state index contributed by atoms with van der Waals surface area (Å²) in [6.45, 7) is 9.88. The monoisotopic (exact) mass is 1400 g/mol. The van der Waals surface area contributed by atoms with Gasteiger partial charge in [-0.1, -0.05) is 141 Å². The maximum atomic E-state index is 13.5. The average molecular weight is 1400 g/mol. The lowest BCUT2D eigenvalue weighted by molar-refractivity contribution is -0.136. The Balaban J connectivity index is 0.000000183. The van der Waals surface area contributed by atoms with Crippen LogP contribution in [0.3, 0.4) is 0 Å². The van der Waals surface area contributed by atoms with Crippen molar-refractivity contribution in [2.24, 2.45) is 17.8 Å². The van der Waals surface area contributed by atoms with Crippen LogP contribution in [0.5, 0.6) is 11.5 Å². The van der Waals surface area contributed by atoms with Crippen LogP contribution in [0.15, 0.2) is 158 Å². The third-order valence-corrected chi connectivity index (χ3v) is 24.5. The molecule has 4 aliphatic rings. The number of amides is 3. The quantitative estimate of drug-likeness (QED) is 0.0550. The molecule has 95 heavy (non-hydrogen) atoms. The summed E-state index contributed by atoms with van der Waals surface area (Å²) in [5.41, 5.74) is 9.16. The number of carbonyl (C=O) groups excluding carboxylic acids is 3. The zero-order valence-electron chi connectivity index (χ0n) is 54.1. The minimum absolute atomic E-state index is 0.000152. The number of hydrogen-bond donors (Lipinski definition) is 0. The van der Waals surface area contributed by atoms with E-state index in [9.17, 15) is 30.2 Å². The van der Waals surface area contributed by atoms with Crippen LogP contribution < -0.4 is 9.47 Å². The van der Waals surface area contributed by atoms with Crippen molar-refractivity contribution < 1.29 is 23.9 Å². The summed E-state index contributed by atoms with van der Waals surface area (Å²) in [5, 5.41) is 48.6. The first-order valence-corrected chi connectivity index (χ1v) is 38.4. The van der Waals surface area contributed by atoms with E-state index in [0.29, 0.717) is 93.5 Å². The Morgan fingerprint density at radius 3 is 1.43 bits per heavy atom. The molecule has 0 aromatic heterocycles. The molecule has 3 amide bonds. The van der Waals surface area contributed by atoms with Crippen molar-refractivity contribution in [3.63, 3.8) is 0 Å². The Kier molecular flexibility index (Phi) is 29.1. The van der Waals surface area contributed by atoms with E-state index in [1.807, 2.05) is 113 Å². The van der Waals surface area contributed by atoms with Gasteiger partial charge in [0.15, 0.2) is 0 Å². The van der Waals surface area contributed by atoms with Crippen molar-refractivity contribution in [2.75, 3.05) is 55.8 Å². The third kappa shape index (κ3) is 19.8. The van der Waals surface area contributed by atoms with Gasteiger partial charge >= 0.3 is 0 Å². The van der Waals surface area contributed by atoms with Gasteiger partial charge in [0.25, 0.3) is 0 Å². The van der Waals surface area contributed by atoms with E-state index in [0.717, 1.165) is 57.5 Å². The molecular formula is C75H84ClN8O5P3S3. The van der Waals surface area contributed by atoms with Crippen LogP contribution in [-0.4, -0.2) is 116 Å². The predicted octanol–water partition coefficient (Wildman–Crippen LogP) is 15.4. The highest BCUT2D eigenvalue weighted by Crippen LogP contribution is 2.57. The summed E-state index contributed by atoms with van der Waals surface area (Å²) in [6, 6.07) is 62.3. The lowest BCUT2D eigenvalue weighted by Crippen LogP contribution is -2.48. The largest absolute Gasteiger partial charge is 0.490 e. The van der Waals surface area contributed by atoms with Crippen molar-refractivity contribution >= 4 is 92.3 Å². The Hall–Kier alpha value is -6.59. The molecule has 6 aromatic rings. The minimum Gasteiger partial charge on any atom is -0.490 e. The lowest BCUT2D eigenvalue weighted by atomic mass is 9.84. The van der Waals surface area contributed by atoms with Gasteiger partial charge in [-0.15, -0.1) is 27.7 Å². The standard InChI is InChI=1S/C26H28N3O2PS.C25H28N3O2PS.C24H28ClN2OPS/c27-16-19-5-4-8-22(15-19)31-21-9-13-29(14-10-21)25(30)23(17-28)24(33-18-32)26(11-12-26)20-6-2-1-3-7-20;1-18(20-7-3-2-4-8-20)24(32-17-31)23(16-27)25(29)28-12-10-21(11-13-28)30-22-9-5-6-19(14-22)15-26;1-16-12-19(8-9-22(16)25)17(2)23(30-15-29)21(13-26)24(28)27-11-10-20(14-27)18-6-4-3-5-7-18/h1-8,15,21,23-24H,9-14,18,32H2;2-9,14,18,21,23-24H,10-13,17,31H2,1H3;3-9,12,17,20-21,23H,10-11,14-15,29H2,1-2H3. The molecule has 6 aromatic carbocycles. The second-order valence-electron chi connectivity index (χ2n) is 24.4. The minimum atomic E-state index is -0.694. The number of hydrogen-bond acceptors (Lipinski definition) is 13. The second kappa shape index (κ2) is 37.2. The smallest absolute Gasteiger partial charge is 0.241 e. The highest BCUT2D eigenvalue weighted by Gasteiger charge is 2.55. The Bertz CT molecular complexity index is 3720. The highest BCUT2D eigenvalue weighted by atomic mass is 35.5. The Morgan fingerprint density at radius 2 is 0.979 bits per heavy atom. The summed E-state index contributed by atoms with van der Waals surface area (Å²) in [7, 11) is 8.14. The number of nitriles is 5. The summed E-state index contributed by atoms with van der Waals surface area (Å²) < 4.78 is 12.1. The summed E-state index contributed by atoms with van der Waals surface area (Å²) in [6.07, 6.45) is 5.81. The molecule has 3 saturated heterocycles. The molecule has 12 atom stereocenters. The molecule has 0 spiro atoms. The molecule has 1 saturated carbocycles. The van der Waals surface area contributed by atoms with Crippen LogP contribution in [0.1, 0.15) is 115 Å². The van der Waals surface area contributed by atoms with E-state index in [-0.39, 0.29) is 62.9 Å². The van der Waals surface area contributed by atoms with E-state index in [2.05, 4.69) is 114 Å². The number of aryl methyl sites for hydroxylation is 1. The van der Waals surface area contributed by atoms with Crippen molar-refractivity contribution in [1.29, 1.82) is 26.3 Å². The van der Waals surface area contributed by atoms with Crippen LogP contribution in [0.4, 0.5) is 0 Å². The van der Waals surface area contributed by atoms with Gasteiger partial charge < -0.3 is 24.2 Å². The molecule has 20 heteroatoms. The van der Waals surface area contributed by atoms with Crippen LogP contribution in [-0.2, 0) is 19.8 Å². The number of nitrogens with zero attached hydrogens (tertiary/aromatic N) is 8. The molecule has 12 unspecified atom stereocenters. The summed E-state index contributed by atoms with van der Waals surface area (Å²) in [5.74, 6) is -0.350. The fourth-order valence-electron chi connectivity index (χ4n) is 13.1. The predicted molar refractivity (Wildman–Crippen MR) is 395 cm³/mol. The molecule has 3 aliphatic heterocycles. The number of benzene rings is 6. The fourth-order valence-corrected chi connectivity index (χ4v) is 18.5. The van der Waals surface area contributed by atoms with E-state index in [1.54, 1.807) is 59.6 Å². The normalized spacial score (nSPS) is 18.4. The maximum Gasteiger partial charge on any atom is 0.241 e. The van der Waals surface area contributed by atoms with Gasteiger partial charge in [-0.05, 0) is 108 Å². The first kappa shape index (κ1) is 74.2. The van der Waals surface area contributed by atoms with Gasteiger partial charge in [-0.2, -0.15) is 61.6 Å². The summed E-state index contributed by atoms with van der Waals surface area (Å²) in [4.78, 5) is 45.8. The van der Waals surface area contributed by atoms with E-state index >= 15 is 0 Å². The number of rotatable bonds is 23. The second-order valence-corrected chi connectivity index (χ2v) is 31.4. The molecule has 0 radical (unpaired) electrons. The number of carbonyl (C=O) groups is 3. The number of thioether (sulfide) groups is 3. The molecule has 13 nitrogen and oxygen atoms in total. The molecule has 3 heterocycles. The number of likely N-dealkylation sites (tertiary alicyclic amines) is 3. The number of ether oxygens (including phenoxy) is 2. The molecule has 10 rings (SSSR count). The zero-order chi connectivity index (χ0) is 67.9. The summed E-state index contributed by atoms with van der Waals surface area (Å²) >= 11 is 11.2. The molecular weight excluding hydrogens is 1320 g/mol. The average Bonchev–Trinajstić information content (AvgIpc) is 1.59. The maximum absolute atomic E-state index is 13.5. The van der Waals surface area contributed by atoms with Crippen molar-refractivity contribution in [3.05, 3.63) is 202 Å². The van der Waals surface area contributed by atoms with Gasteiger partial charge in [-0.25, -0.2) is 0 Å². The zero-order valence-corrected chi connectivity index (χ0v) is 60.8. The van der Waals surface area contributed by atoms with Crippen molar-refractivity contribution in [2.45, 2.75) is 117 Å². The van der Waals surface area contributed by atoms with Crippen LogP contribution >= 0.6 is 74.6 Å². The fraction of sp³-hybridized carbons (Fsp3) is 0.413. The first-order chi connectivity index (χ1) is 46.1. The molecule has 0 bridgehead atoms. The number of piperidine rings is 2. The van der Waals surface area contributed by atoms with Crippen LogP contribution in [0, 0.1) is 81.3 Å². The lowest BCUT2D eigenvalue weighted by Gasteiger charge is -2.36. The van der Waals surface area contributed by atoms with Gasteiger partial charge in [0.05, 0.1) is 41.5 Å². The highest BCUT2D eigenvalue weighted by molar-refractivity contribution is 8.03. The van der Waals surface area contributed by atoms with Crippen LogP contribution in [0.2, 0.25) is 5.02 Å². The Morgan fingerprint density at radius 1 is 0.537 bits per heavy atom. The van der Waals surface area contributed by atoms with Gasteiger partial charge in [0.2, 0.25) is 17.7 Å². The van der Waals surface area contributed by atoms with Gasteiger partial charge in [0, 0.05) is 114 Å². The van der Waals surface area contributed by atoms with E-state index in [1.165, 1.54) is 11.1 Å². The van der Waals surface area contributed by atoms with Gasteiger partial charge in [0.1, 0.15) is 41.5 Å².